The zero-order chi connectivity index (χ0) is 8.43. The zero-order valence-corrected chi connectivity index (χ0v) is 6.99. The van der Waals surface area contributed by atoms with Crippen molar-refractivity contribution < 1.29 is 9.31 Å². The fourth-order valence-corrected chi connectivity index (χ4v) is 1.28. The predicted molar refractivity (Wildman–Crippen MR) is 41.8 cm³/mol. The highest BCUT2D eigenvalue weighted by atomic mass is 79.9. The summed E-state index contributed by atoms with van der Waals surface area (Å²) in [6.45, 7) is 0. The summed E-state index contributed by atoms with van der Waals surface area (Å²) in [5.41, 5.74) is 0. The van der Waals surface area contributed by atoms with Gasteiger partial charge in [-0.2, -0.15) is 0 Å². The maximum Gasteiger partial charge on any atom is 0.250 e. The normalized spacial score (nSPS) is 29.8. The molecule has 0 saturated heterocycles. The number of hydrogen-bond donors (Lipinski definition) is 0. The van der Waals surface area contributed by atoms with Crippen molar-refractivity contribution in [2.45, 2.75) is 10.9 Å². The molecule has 1 aliphatic carbocycles. The van der Waals surface area contributed by atoms with Gasteiger partial charge in [-0.3, -0.25) is 10.1 Å². The minimum atomic E-state index is -0.986. The van der Waals surface area contributed by atoms with Crippen LogP contribution in [0, 0.1) is 10.1 Å². The van der Waals surface area contributed by atoms with E-state index in [1.54, 1.807) is 0 Å². The summed E-state index contributed by atoms with van der Waals surface area (Å²) in [5.74, 6) is -0.553. The van der Waals surface area contributed by atoms with Gasteiger partial charge in [0, 0.05) is 11.0 Å². The summed E-state index contributed by atoms with van der Waals surface area (Å²) in [7, 11) is 0. The van der Waals surface area contributed by atoms with Gasteiger partial charge in [-0.1, -0.05) is 22.0 Å². The third-order valence-electron chi connectivity index (χ3n) is 1.34. The van der Waals surface area contributed by atoms with Crippen molar-refractivity contribution >= 4 is 15.9 Å². The maximum absolute atomic E-state index is 12.4. The summed E-state index contributed by atoms with van der Waals surface area (Å²) in [4.78, 5) is 9.31. The molecule has 0 aliphatic heterocycles. The monoisotopic (exact) mass is 221 g/mol. The van der Waals surface area contributed by atoms with Crippen LogP contribution in [0.1, 0.15) is 0 Å². The first-order valence-electron chi connectivity index (χ1n) is 2.94. The Bertz CT molecular complexity index is 239. The molecular formula is C6H5BrFNO2. The number of halogens is 2. The fraction of sp³-hybridized carbons (Fsp3) is 0.333. The number of allylic oxidation sites excluding steroid dienone is 2. The topological polar surface area (TPSA) is 43.1 Å². The molecule has 0 amide bonds. The van der Waals surface area contributed by atoms with Crippen LogP contribution in [0.15, 0.2) is 24.1 Å². The molecule has 3 nitrogen and oxygen atoms in total. The Morgan fingerprint density at radius 3 is 2.82 bits per heavy atom. The second-order valence-corrected chi connectivity index (χ2v) is 3.19. The quantitative estimate of drug-likeness (QED) is 0.385. The van der Waals surface area contributed by atoms with Gasteiger partial charge in [0.05, 0.1) is 0 Å². The molecule has 0 bridgehead atoms. The number of hydrogen-bond acceptors (Lipinski definition) is 2. The van der Waals surface area contributed by atoms with Crippen molar-refractivity contribution in [3.8, 4) is 0 Å². The van der Waals surface area contributed by atoms with E-state index in [9.17, 15) is 14.5 Å². The van der Waals surface area contributed by atoms with E-state index in [0.29, 0.717) is 0 Å². The first-order valence-corrected chi connectivity index (χ1v) is 3.86. The van der Waals surface area contributed by atoms with E-state index in [0.717, 1.165) is 6.08 Å². The molecule has 0 aromatic heterocycles. The van der Waals surface area contributed by atoms with Crippen molar-refractivity contribution in [2.24, 2.45) is 0 Å². The van der Waals surface area contributed by atoms with Crippen LogP contribution in [0.2, 0.25) is 0 Å². The number of alkyl halides is 1. The van der Waals surface area contributed by atoms with Crippen LogP contribution in [0.3, 0.4) is 0 Å². The lowest BCUT2D eigenvalue weighted by Crippen LogP contribution is -2.27. The molecule has 0 spiro atoms. The van der Waals surface area contributed by atoms with Crippen molar-refractivity contribution in [1.29, 1.82) is 0 Å². The third kappa shape index (κ3) is 1.86. The van der Waals surface area contributed by atoms with Gasteiger partial charge in [0.25, 0.3) is 0 Å². The van der Waals surface area contributed by atoms with E-state index in [1.807, 2.05) is 0 Å². The van der Waals surface area contributed by atoms with Crippen LogP contribution in [-0.4, -0.2) is 15.8 Å². The van der Waals surface area contributed by atoms with Gasteiger partial charge in [-0.15, -0.1) is 0 Å². The Morgan fingerprint density at radius 1 is 1.73 bits per heavy atom. The molecule has 0 heterocycles. The van der Waals surface area contributed by atoms with Gasteiger partial charge in [-0.05, 0) is 6.08 Å². The summed E-state index contributed by atoms with van der Waals surface area (Å²) >= 11 is 3.04. The van der Waals surface area contributed by atoms with Gasteiger partial charge >= 0.3 is 0 Å². The van der Waals surface area contributed by atoms with E-state index in [2.05, 4.69) is 15.9 Å². The van der Waals surface area contributed by atoms with Crippen LogP contribution >= 0.6 is 15.9 Å². The Kier molecular flexibility index (Phi) is 2.38. The number of nitrogens with zero attached hydrogens (tertiary/aromatic N) is 1. The molecule has 0 N–H and O–H groups in total. The van der Waals surface area contributed by atoms with Crippen LogP contribution in [0.4, 0.5) is 4.39 Å². The molecule has 0 aromatic rings. The minimum absolute atomic E-state index is 0.406. The Morgan fingerprint density at radius 2 is 2.36 bits per heavy atom. The summed E-state index contributed by atoms with van der Waals surface area (Å²) in [6, 6.07) is -0.986. The highest BCUT2D eigenvalue weighted by Crippen LogP contribution is 2.20. The van der Waals surface area contributed by atoms with Gasteiger partial charge in [0.15, 0.2) is 0 Å². The second kappa shape index (κ2) is 3.13. The molecule has 11 heavy (non-hydrogen) atoms. The Labute approximate surface area is 70.9 Å². The smallest absolute Gasteiger partial charge is 0.250 e. The third-order valence-corrected chi connectivity index (χ3v) is 2.19. The molecule has 0 aromatic carbocycles. The molecule has 60 valence electrons. The average Bonchev–Trinajstić information content (AvgIpc) is 1.94. The average molecular weight is 222 g/mol. The van der Waals surface area contributed by atoms with Gasteiger partial charge in [-0.25, -0.2) is 4.39 Å². The highest BCUT2D eigenvalue weighted by molar-refractivity contribution is 9.09. The van der Waals surface area contributed by atoms with E-state index >= 15 is 0 Å². The number of rotatable bonds is 1. The molecular weight excluding hydrogens is 217 g/mol. The van der Waals surface area contributed by atoms with Gasteiger partial charge in [0.2, 0.25) is 6.04 Å². The van der Waals surface area contributed by atoms with E-state index < -0.39 is 21.6 Å². The van der Waals surface area contributed by atoms with Crippen LogP contribution < -0.4 is 0 Å². The highest BCUT2D eigenvalue weighted by Gasteiger charge is 2.28. The summed E-state index contributed by atoms with van der Waals surface area (Å²) < 4.78 is 12.4. The molecule has 2 unspecified atom stereocenters. The van der Waals surface area contributed by atoms with E-state index in [-0.39, 0.29) is 0 Å². The predicted octanol–water partition coefficient (Wildman–Crippen LogP) is 1.82. The lowest BCUT2D eigenvalue weighted by Gasteiger charge is -2.11. The minimum Gasteiger partial charge on any atom is -0.264 e. The molecule has 5 heteroatoms. The molecule has 0 saturated carbocycles. The number of nitro groups is 1. The molecule has 2 atom stereocenters. The molecule has 1 aliphatic rings. The van der Waals surface area contributed by atoms with Crippen LogP contribution in [0.5, 0.6) is 0 Å². The molecule has 1 rings (SSSR count). The lowest BCUT2D eigenvalue weighted by molar-refractivity contribution is -0.507. The fourth-order valence-electron chi connectivity index (χ4n) is 0.785. The zero-order valence-electron chi connectivity index (χ0n) is 5.41. The van der Waals surface area contributed by atoms with Crippen molar-refractivity contribution in [2.75, 3.05) is 0 Å². The van der Waals surface area contributed by atoms with E-state index in [4.69, 9.17) is 0 Å². The summed E-state index contributed by atoms with van der Waals surface area (Å²) in [5, 5.41) is 10.2. The van der Waals surface area contributed by atoms with Crippen molar-refractivity contribution in [1.82, 2.24) is 0 Å². The van der Waals surface area contributed by atoms with Crippen LogP contribution in [-0.2, 0) is 0 Å². The molecule has 0 radical (unpaired) electrons. The van der Waals surface area contributed by atoms with Gasteiger partial charge < -0.3 is 0 Å². The Balaban J connectivity index is 2.81. The second-order valence-electron chi connectivity index (χ2n) is 2.13. The lowest BCUT2D eigenvalue weighted by atomic mass is 10.1. The molecule has 0 fully saturated rings. The van der Waals surface area contributed by atoms with E-state index in [1.165, 1.54) is 12.2 Å². The van der Waals surface area contributed by atoms with Crippen molar-refractivity contribution in [3.05, 3.63) is 34.2 Å². The first-order chi connectivity index (χ1) is 5.11. The summed E-state index contributed by atoms with van der Waals surface area (Å²) in [6.07, 6.45) is 3.61. The van der Waals surface area contributed by atoms with Gasteiger partial charge in [0.1, 0.15) is 10.7 Å². The SMILES string of the molecule is O=[N+]([O-])C1C=C(F)C=CC1Br. The first kappa shape index (κ1) is 8.39. The van der Waals surface area contributed by atoms with Crippen molar-refractivity contribution in [3.63, 3.8) is 0 Å². The standard InChI is InChI=1S/C6H5BrFNO2/c7-5-2-1-4(8)3-6(5)9(10)11/h1-3,5-6H. The Hall–Kier alpha value is -0.710. The largest absolute Gasteiger partial charge is 0.264 e. The maximum atomic E-state index is 12.4. The van der Waals surface area contributed by atoms with Crippen LogP contribution in [0.25, 0.3) is 0 Å².